The highest BCUT2D eigenvalue weighted by Crippen LogP contribution is 2.39. The van der Waals surface area contributed by atoms with Crippen LogP contribution < -0.4 is 9.64 Å². The van der Waals surface area contributed by atoms with Crippen LogP contribution in [-0.2, 0) is 9.53 Å². The Bertz CT molecular complexity index is 1350. The van der Waals surface area contributed by atoms with Crippen LogP contribution in [0.3, 0.4) is 0 Å². The van der Waals surface area contributed by atoms with Gasteiger partial charge in [0.15, 0.2) is 0 Å². The molecule has 4 aromatic rings. The molecule has 2 aromatic carbocycles. The first-order valence-corrected chi connectivity index (χ1v) is 12.7. The number of benzene rings is 2. The second kappa shape index (κ2) is 12.1. The summed E-state index contributed by atoms with van der Waals surface area (Å²) in [4.78, 5) is 18.7. The minimum Gasteiger partial charge on any atom is -0.497 e. The fourth-order valence-electron chi connectivity index (χ4n) is 3.18. The molecule has 2 aromatic heterocycles. The molecule has 0 aliphatic heterocycles. The molecule has 0 saturated carbocycles. The number of hydrogen-bond acceptors (Lipinski definition) is 11. The SMILES string of the molecule is C=CC(=O)OCCN(CC)c1ccc(N=Nc2nc3sc(N=Nc4ccc(OC)cc4)cc3s2)cc1. The molecule has 2 heterocycles. The zero-order valence-corrected chi connectivity index (χ0v) is 21.5. The number of methoxy groups -OCH3 is 1. The number of aromatic nitrogens is 1. The molecule has 184 valence electrons. The van der Waals surface area contributed by atoms with Crippen molar-refractivity contribution in [3.8, 4) is 5.75 Å². The number of carbonyl (C=O) groups excluding carboxylic acids is 1. The molecule has 0 atom stereocenters. The van der Waals surface area contributed by atoms with Crippen molar-refractivity contribution in [2.24, 2.45) is 20.5 Å². The maximum atomic E-state index is 11.2. The van der Waals surface area contributed by atoms with Gasteiger partial charge in [-0.25, -0.2) is 9.78 Å². The van der Waals surface area contributed by atoms with Gasteiger partial charge in [-0.15, -0.1) is 20.5 Å². The lowest BCUT2D eigenvalue weighted by Gasteiger charge is -2.22. The smallest absolute Gasteiger partial charge is 0.330 e. The summed E-state index contributed by atoms with van der Waals surface area (Å²) in [6.45, 7) is 7.11. The van der Waals surface area contributed by atoms with Gasteiger partial charge in [0.1, 0.15) is 22.2 Å². The van der Waals surface area contributed by atoms with E-state index < -0.39 is 5.97 Å². The minimum atomic E-state index is -0.418. The van der Waals surface area contributed by atoms with Crippen LogP contribution in [0.5, 0.6) is 5.75 Å². The van der Waals surface area contributed by atoms with E-state index >= 15 is 0 Å². The lowest BCUT2D eigenvalue weighted by Crippen LogP contribution is -2.27. The zero-order chi connectivity index (χ0) is 25.3. The molecule has 0 unspecified atom stereocenters. The van der Waals surface area contributed by atoms with Gasteiger partial charge in [-0.2, -0.15) is 0 Å². The van der Waals surface area contributed by atoms with Crippen molar-refractivity contribution in [1.82, 2.24) is 4.98 Å². The Balaban J connectivity index is 1.36. The Labute approximate surface area is 216 Å². The first-order chi connectivity index (χ1) is 17.6. The van der Waals surface area contributed by atoms with Gasteiger partial charge in [-0.3, -0.25) is 0 Å². The molecular formula is C25H24N6O3S2. The lowest BCUT2D eigenvalue weighted by atomic mass is 10.2. The number of esters is 1. The second-order valence-electron chi connectivity index (χ2n) is 7.32. The monoisotopic (exact) mass is 520 g/mol. The van der Waals surface area contributed by atoms with E-state index in [-0.39, 0.29) is 0 Å². The highest BCUT2D eigenvalue weighted by atomic mass is 32.1. The fourth-order valence-corrected chi connectivity index (χ4v) is 5.02. The number of ether oxygens (including phenoxy) is 2. The van der Waals surface area contributed by atoms with Crippen LogP contribution in [-0.4, -0.2) is 37.8 Å². The molecule has 0 bridgehead atoms. The number of carbonyl (C=O) groups is 1. The van der Waals surface area contributed by atoms with Crippen molar-refractivity contribution in [2.45, 2.75) is 6.92 Å². The number of thiophene rings is 1. The van der Waals surface area contributed by atoms with Crippen LogP contribution in [0.2, 0.25) is 0 Å². The summed E-state index contributed by atoms with van der Waals surface area (Å²) in [6, 6.07) is 17.1. The fraction of sp³-hybridized carbons (Fsp3) is 0.200. The van der Waals surface area contributed by atoms with E-state index in [1.807, 2.05) is 61.5 Å². The topological polar surface area (TPSA) is 101 Å². The van der Waals surface area contributed by atoms with Gasteiger partial charge in [-0.1, -0.05) is 29.3 Å². The molecule has 0 saturated heterocycles. The number of hydrogen-bond donors (Lipinski definition) is 0. The van der Waals surface area contributed by atoms with E-state index in [0.717, 1.165) is 50.0 Å². The van der Waals surface area contributed by atoms with Crippen molar-refractivity contribution in [1.29, 1.82) is 0 Å². The maximum Gasteiger partial charge on any atom is 0.330 e. The van der Waals surface area contributed by atoms with Crippen molar-refractivity contribution in [3.05, 3.63) is 67.3 Å². The van der Waals surface area contributed by atoms with Crippen molar-refractivity contribution in [2.75, 3.05) is 31.7 Å². The second-order valence-corrected chi connectivity index (χ2v) is 9.33. The number of anilines is 1. The number of nitrogens with zero attached hydrogens (tertiary/aromatic N) is 6. The molecular weight excluding hydrogens is 496 g/mol. The number of rotatable bonds is 11. The van der Waals surface area contributed by atoms with E-state index in [2.05, 4.69) is 36.9 Å². The normalized spacial score (nSPS) is 11.4. The third kappa shape index (κ3) is 6.58. The lowest BCUT2D eigenvalue weighted by molar-refractivity contribution is -0.137. The van der Waals surface area contributed by atoms with Gasteiger partial charge >= 0.3 is 5.97 Å². The van der Waals surface area contributed by atoms with Gasteiger partial charge in [0, 0.05) is 18.3 Å². The van der Waals surface area contributed by atoms with E-state index in [4.69, 9.17) is 9.47 Å². The van der Waals surface area contributed by atoms with Crippen LogP contribution in [0.1, 0.15) is 6.92 Å². The molecule has 0 radical (unpaired) electrons. The summed E-state index contributed by atoms with van der Waals surface area (Å²) in [6.07, 6.45) is 1.16. The maximum absolute atomic E-state index is 11.2. The van der Waals surface area contributed by atoms with E-state index in [1.165, 1.54) is 22.7 Å². The molecule has 4 rings (SSSR count). The number of thiazole rings is 1. The van der Waals surface area contributed by atoms with Gasteiger partial charge in [0.2, 0.25) is 5.13 Å². The van der Waals surface area contributed by atoms with Crippen molar-refractivity contribution < 1.29 is 14.3 Å². The molecule has 11 heteroatoms. The van der Waals surface area contributed by atoms with Crippen molar-refractivity contribution in [3.63, 3.8) is 0 Å². The summed E-state index contributed by atoms with van der Waals surface area (Å²) >= 11 is 2.91. The molecule has 0 amide bonds. The Hall–Kier alpha value is -3.96. The summed E-state index contributed by atoms with van der Waals surface area (Å²) in [5, 5.41) is 18.5. The summed E-state index contributed by atoms with van der Waals surface area (Å²) in [7, 11) is 1.63. The standard InChI is InChI=1S/C25H24N6O3S2/c1-4-23(32)34-15-14-31(5-2)19-10-6-17(7-11-19)28-30-25-26-24-21(35-25)16-22(36-24)29-27-18-8-12-20(33-3)13-9-18/h4,6-13,16H,1,5,14-15H2,2-3H3. The number of likely N-dealkylation sites (N-methyl/N-ethyl adjacent to an activating group) is 1. The minimum absolute atomic E-state index is 0.298. The van der Waals surface area contributed by atoms with E-state index in [0.29, 0.717) is 18.3 Å². The third-order valence-electron chi connectivity index (χ3n) is 5.02. The predicted molar refractivity (Wildman–Crippen MR) is 144 cm³/mol. The molecule has 0 spiro atoms. The first kappa shape index (κ1) is 25.1. The molecule has 9 nitrogen and oxygen atoms in total. The molecule has 0 aliphatic rings. The summed E-state index contributed by atoms with van der Waals surface area (Å²) in [5.41, 5.74) is 2.48. The average molecular weight is 521 g/mol. The van der Waals surface area contributed by atoms with Crippen molar-refractivity contribution >= 4 is 65.4 Å². The molecule has 0 N–H and O–H groups in total. The molecule has 0 fully saturated rings. The average Bonchev–Trinajstić information content (AvgIpc) is 3.48. The largest absolute Gasteiger partial charge is 0.497 e. The summed E-state index contributed by atoms with van der Waals surface area (Å²) in [5.74, 6) is 0.358. The Morgan fingerprint density at radius 2 is 1.72 bits per heavy atom. The van der Waals surface area contributed by atoms with E-state index in [9.17, 15) is 4.79 Å². The van der Waals surface area contributed by atoms with Crippen LogP contribution in [0, 0.1) is 0 Å². The van der Waals surface area contributed by atoms with Crippen LogP contribution in [0.25, 0.3) is 9.53 Å². The number of fused-ring (bicyclic) bond motifs is 1. The van der Waals surface area contributed by atoms with Gasteiger partial charge in [0.05, 0.1) is 29.7 Å². The highest BCUT2D eigenvalue weighted by Gasteiger charge is 2.09. The van der Waals surface area contributed by atoms with Crippen LogP contribution in [0.15, 0.2) is 87.7 Å². The van der Waals surface area contributed by atoms with E-state index in [1.54, 1.807) is 7.11 Å². The third-order valence-corrected chi connectivity index (χ3v) is 6.95. The Kier molecular flexibility index (Phi) is 8.48. The van der Waals surface area contributed by atoms with Crippen LogP contribution in [0.4, 0.5) is 27.2 Å². The first-order valence-electron chi connectivity index (χ1n) is 11.1. The van der Waals surface area contributed by atoms with Gasteiger partial charge in [0.25, 0.3) is 0 Å². The number of azo groups is 2. The summed E-state index contributed by atoms with van der Waals surface area (Å²) < 4.78 is 11.2. The quantitative estimate of drug-likeness (QED) is 0.114. The van der Waals surface area contributed by atoms with Gasteiger partial charge < -0.3 is 14.4 Å². The Morgan fingerprint density at radius 3 is 2.36 bits per heavy atom. The predicted octanol–water partition coefficient (Wildman–Crippen LogP) is 7.75. The zero-order valence-electron chi connectivity index (χ0n) is 19.8. The van der Waals surface area contributed by atoms with Crippen LogP contribution >= 0.6 is 22.7 Å². The molecule has 36 heavy (non-hydrogen) atoms. The molecule has 0 aliphatic carbocycles. The highest BCUT2D eigenvalue weighted by molar-refractivity contribution is 7.30. The van der Waals surface area contributed by atoms with Gasteiger partial charge in [-0.05, 0) is 61.5 Å². The Morgan fingerprint density at radius 1 is 1.03 bits per heavy atom.